The largest absolute Gasteiger partial charge is 0.449 e. The maximum Gasteiger partial charge on any atom is 0.291 e. The van der Waals surface area contributed by atoms with Crippen molar-refractivity contribution in [1.29, 1.82) is 0 Å². The Hall–Kier alpha value is -3.57. The van der Waals surface area contributed by atoms with Gasteiger partial charge in [-0.05, 0) is 54.5 Å². The van der Waals surface area contributed by atoms with Gasteiger partial charge in [-0.3, -0.25) is 9.59 Å². The Kier molecular flexibility index (Phi) is 5.55. The topological polar surface area (TPSA) is 67.4 Å². The molecule has 5 nitrogen and oxygen atoms in total. The van der Waals surface area contributed by atoms with Crippen LogP contribution in [-0.4, -0.2) is 11.8 Å². The summed E-state index contributed by atoms with van der Waals surface area (Å²) >= 11 is 5.99. The number of nitrogens with one attached hydrogen (secondary N) is 2. The maximum absolute atomic E-state index is 12.6. The summed E-state index contributed by atoms with van der Waals surface area (Å²) in [5.41, 5.74) is 2.64. The highest BCUT2D eigenvalue weighted by atomic mass is 35.5. The van der Waals surface area contributed by atoms with Crippen molar-refractivity contribution in [3.8, 4) is 5.75 Å². The molecule has 0 unspecified atom stereocenters. The summed E-state index contributed by atoms with van der Waals surface area (Å²) < 4.78 is 5.75. The standard InChI is InChI=1S/C24H19ClN2O3/c1-15(17-7-3-2-4-8-17)26-23(28)18-10-11-21-20(14-18)27-24(29)22(30-21)13-16-6-5-9-19(25)12-16/h2-15H,1H3,(H,26,28)(H,27,29)/b22-13-/t15-/m1/s1. The summed E-state index contributed by atoms with van der Waals surface area (Å²) in [6.45, 7) is 1.92. The van der Waals surface area contributed by atoms with Crippen molar-refractivity contribution in [2.24, 2.45) is 0 Å². The van der Waals surface area contributed by atoms with Gasteiger partial charge in [-0.25, -0.2) is 0 Å². The Morgan fingerprint density at radius 3 is 2.63 bits per heavy atom. The fourth-order valence-corrected chi connectivity index (χ4v) is 3.35. The fourth-order valence-electron chi connectivity index (χ4n) is 3.15. The Morgan fingerprint density at radius 2 is 1.87 bits per heavy atom. The Morgan fingerprint density at radius 1 is 1.07 bits per heavy atom. The van der Waals surface area contributed by atoms with E-state index in [1.165, 1.54) is 0 Å². The minimum Gasteiger partial charge on any atom is -0.449 e. The minimum atomic E-state index is -0.391. The smallest absolute Gasteiger partial charge is 0.291 e. The van der Waals surface area contributed by atoms with Gasteiger partial charge in [0.2, 0.25) is 0 Å². The van der Waals surface area contributed by atoms with E-state index in [-0.39, 0.29) is 17.7 Å². The highest BCUT2D eigenvalue weighted by Gasteiger charge is 2.23. The summed E-state index contributed by atoms with van der Waals surface area (Å²) in [4.78, 5) is 25.1. The number of halogens is 1. The summed E-state index contributed by atoms with van der Waals surface area (Å²) in [7, 11) is 0. The lowest BCUT2D eigenvalue weighted by Crippen LogP contribution is -2.27. The number of carbonyl (C=O) groups is 2. The van der Waals surface area contributed by atoms with E-state index >= 15 is 0 Å². The second-order valence-corrected chi connectivity index (χ2v) is 7.37. The van der Waals surface area contributed by atoms with Crippen LogP contribution in [0, 0.1) is 0 Å². The van der Waals surface area contributed by atoms with Gasteiger partial charge in [-0.15, -0.1) is 0 Å². The Balaban J connectivity index is 1.51. The molecule has 2 N–H and O–H groups in total. The molecule has 1 aliphatic heterocycles. The van der Waals surface area contributed by atoms with Gasteiger partial charge in [-0.2, -0.15) is 0 Å². The van der Waals surface area contributed by atoms with Crippen LogP contribution in [0.25, 0.3) is 6.08 Å². The molecule has 3 aromatic rings. The zero-order valence-corrected chi connectivity index (χ0v) is 16.9. The molecule has 0 aromatic heterocycles. The lowest BCUT2D eigenvalue weighted by atomic mass is 10.1. The van der Waals surface area contributed by atoms with Gasteiger partial charge in [0.15, 0.2) is 11.5 Å². The summed E-state index contributed by atoms with van der Waals surface area (Å²) in [5, 5.41) is 6.31. The zero-order valence-electron chi connectivity index (χ0n) is 16.2. The van der Waals surface area contributed by atoms with Gasteiger partial charge in [0, 0.05) is 10.6 Å². The molecule has 30 heavy (non-hydrogen) atoms. The highest BCUT2D eigenvalue weighted by Crippen LogP contribution is 2.32. The molecule has 4 rings (SSSR count). The molecular weight excluding hydrogens is 400 g/mol. The van der Waals surface area contributed by atoms with E-state index in [0.29, 0.717) is 22.0 Å². The van der Waals surface area contributed by atoms with Crippen molar-refractivity contribution in [2.45, 2.75) is 13.0 Å². The second kappa shape index (κ2) is 8.43. The van der Waals surface area contributed by atoms with Gasteiger partial charge >= 0.3 is 0 Å². The molecule has 0 spiro atoms. The second-order valence-electron chi connectivity index (χ2n) is 6.94. The third kappa shape index (κ3) is 4.36. The molecule has 6 heteroatoms. The number of hydrogen-bond donors (Lipinski definition) is 2. The molecule has 0 bridgehead atoms. The van der Waals surface area contributed by atoms with Crippen LogP contribution >= 0.6 is 11.6 Å². The third-order valence-electron chi connectivity index (χ3n) is 4.73. The summed E-state index contributed by atoms with van der Waals surface area (Å²) in [5.74, 6) is -0.00319. The normalized spacial score (nSPS) is 15.0. The van der Waals surface area contributed by atoms with Crippen LogP contribution in [0.15, 0.2) is 78.6 Å². The summed E-state index contributed by atoms with van der Waals surface area (Å²) in [6.07, 6.45) is 1.62. The van der Waals surface area contributed by atoms with Gasteiger partial charge in [0.1, 0.15) is 0 Å². The molecular formula is C24H19ClN2O3. The summed E-state index contributed by atoms with van der Waals surface area (Å²) in [6, 6.07) is 21.6. The van der Waals surface area contributed by atoms with E-state index < -0.39 is 5.91 Å². The first-order valence-corrected chi connectivity index (χ1v) is 9.84. The van der Waals surface area contributed by atoms with E-state index in [0.717, 1.165) is 11.1 Å². The quantitative estimate of drug-likeness (QED) is 0.572. The van der Waals surface area contributed by atoms with E-state index in [4.69, 9.17) is 16.3 Å². The number of amides is 2. The zero-order chi connectivity index (χ0) is 21.1. The van der Waals surface area contributed by atoms with Gasteiger partial charge in [0.05, 0.1) is 11.7 Å². The van der Waals surface area contributed by atoms with Crippen LogP contribution in [0.3, 0.4) is 0 Å². The van der Waals surface area contributed by atoms with Crippen molar-refractivity contribution in [1.82, 2.24) is 5.32 Å². The van der Waals surface area contributed by atoms with Crippen LogP contribution in [0.4, 0.5) is 5.69 Å². The van der Waals surface area contributed by atoms with Crippen molar-refractivity contribution >= 4 is 35.2 Å². The van der Waals surface area contributed by atoms with Gasteiger partial charge < -0.3 is 15.4 Å². The first-order chi connectivity index (χ1) is 14.5. The number of ether oxygens (including phenoxy) is 1. The number of rotatable bonds is 4. The predicted molar refractivity (Wildman–Crippen MR) is 117 cm³/mol. The molecule has 0 aliphatic carbocycles. The molecule has 0 saturated carbocycles. The van der Waals surface area contributed by atoms with Crippen LogP contribution in [-0.2, 0) is 4.79 Å². The molecule has 1 atom stereocenters. The van der Waals surface area contributed by atoms with E-state index in [9.17, 15) is 9.59 Å². The van der Waals surface area contributed by atoms with Crippen LogP contribution in [0.5, 0.6) is 5.75 Å². The molecule has 0 saturated heterocycles. The minimum absolute atomic E-state index is 0.146. The van der Waals surface area contributed by atoms with Crippen molar-refractivity contribution in [3.05, 3.63) is 100 Å². The number of carbonyl (C=O) groups excluding carboxylic acids is 2. The van der Waals surface area contributed by atoms with Crippen LogP contribution in [0.2, 0.25) is 5.02 Å². The molecule has 1 heterocycles. The highest BCUT2D eigenvalue weighted by molar-refractivity contribution is 6.30. The SMILES string of the molecule is C[C@@H](NC(=O)c1ccc2c(c1)NC(=O)/C(=C/c1cccc(Cl)c1)O2)c1ccccc1. The van der Waals surface area contributed by atoms with E-state index in [1.807, 2.05) is 43.3 Å². The number of hydrogen-bond acceptors (Lipinski definition) is 3. The van der Waals surface area contributed by atoms with Gasteiger partial charge in [-0.1, -0.05) is 54.1 Å². The number of benzene rings is 3. The Bertz CT molecular complexity index is 1140. The van der Waals surface area contributed by atoms with Crippen molar-refractivity contribution in [2.75, 3.05) is 5.32 Å². The number of anilines is 1. The molecule has 1 aliphatic rings. The average molecular weight is 419 g/mol. The number of fused-ring (bicyclic) bond motifs is 1. The van der Waals surface area contributed by atoms with Crippen LogP contribution in [0.1, 0.15) is 34.5 Å². The Labute approximate surface area is 179 Å². The molecule has 0 fully saturated rings. The average Bonchev–Trinajstić information content (AvgIpc) is 2.74. The molecule has 3 aromatic carbocycles. The first-order valence-electron chi connectivity index (χ1n) is 9.46. The predicted octanol–water partition coefficient (Wildman–Crippen LogP) is 5.20. The molecule has 0 radical (unpaired) electrons. The van der Waals surface area contributed by atoms with Crippen LogP contribution < -0.4 is 15.4 Å². The maximum atomic E-state index is 12.6. The van der Waals surface area contributed by atoms with E-state index in [1.54, 1.807) is 42.5 Å². The lowest BCUT2D eigenvalue weighted by Gasteiger charge is -2.21. The fraction of sp³-hybridized carbons (Fsp3) is 0.0833. The lowest BCUT2D eigenvalue weighted by molar-refractivity contribution is -0.115. The van der Waals surface area contributed by atoms with E-state index in [2.05, 4.69) is 10.6 Å². The van der Waals surface area contributed by atoms with Gasteiger partial charge in [0.25, 0.3) is 11.8 Å². The van der Waals surface area contributed by atoms with Crippen molar-refractivity contribution in [3.63, 3.8) is 0 Å². The third-order valence-corrected chi connectivity index (χ3v) is 4.96. The molecule has 2 amide bonds. The van der Waals surface area contributed by atoms with Crippen molar-refractivity contribution < 1.29 is 14.3 Å². The monoisotopic (exact) mass is 418 g/mol. The first kappa shape index (κ1) is 19.7. The molecule has 150 valence electrons.